The molecule has 0 amide bonds. The first-order valence-corrected chi connectivity index (χ1v) is 10.1. The Hall–Kier alpha value is -2.59. The van der Waals surface area contributed by atoms with E-state index in [1.54, 1.807) is 0 Å². The molecule has 0 aromatic carbocycles. The molecule has 4 aliphatic rings. The van der Waals surface area contributed by atoms with Crippen molar-refractivity contribution in [2.24, 2.45) is 0 Å². The first kappa shape index (κ1) is 19.4. The highest BCUT2D eigenvalue weighted by atomic mass is 19.3. The molecule has 4 saturated heterocycles. The van der Waals surface area contributed by atoms with Gasteiger partial charge < -0.3 is 24.8 Å². The molecule has 0 spiro atoms. The minimum atomic E-state index is -2.99. The third-order valence-corrected chi connectivity index (χ3v) is 5.90. The van der Waals surface area contributed by atoms with E-state index >= 15 is 0 Å². The summed E-state index contributed by atoms with van der Waals surface area (Å²) in [6.45, 7) is -0.285. The van der Waals surface area contributed by atoms with Crippen molar-refractivity contribution in [2.45, 2.75) is 43.9 Å². The van der Waals surface area contributed by atoms with Crippen molar-refractivity contribution in [3.8, 4) is 17.0 Å². The topological polar surface area (TPSA) is 95.6 Å². The molecule has 2 N–H and O–H groups in total. The first-order chi connectivity index (χ1) is 14.6. The summed E-state index contributed by atoms with van der Waals surface area (Å²) in [5, 5.41) is 0. The number of alkyl halides is 2. The Kier molecular flexibility index (Phi) is 5.11. The fraction of sp³-hybridized carbons (Fsp3) is 0.550. The van der Waals surface area contributed by atoms with Crippen LogP contribution in [-0.4, -0.2) is 60.1 Å². The van der Waals surface area contributed by atoms with Crippen LogP contribution in [0.1, 0.15) is 31.0 Å². The summed E-state index contributed by atoms with van der Waals surface area (Å²) in [5.41, 5.74) is 6.83. The maximum Gasteiger partial charge on any atom is 0.387 e. The number of morpholine rings is 1. The third-order valence-electron chi connectivity index (χ3n) is 5.90. The second-order valence-corrected chi connectivity index (χ2v) is 7.85. The van der Waals surface area contributed by atoms with E-state index in [9.17, 15) is 8.78 Å². The number of rotatable bonds is 5. The van der Waals surface area contributed by atoms with Crippen molar-refractivity contribution in [3.63, 3.8) is 0 Å². The average molecular weight is 419 g/mol. The Bertz CT molecular complexity index is 917. The molecule has 8 nitrogen and oxygen atoms in total. The van der Waals surface area contributed by atoms with Gasteiger partial charge in [-0.3, -0.25) is 0 Å². The Morgan fingerprint density at radius 1 is 1.17 bits per heavy atom. The molecule has 4 fully saturated rings. The van der Waals surface area contributed by atoms with Gasteiger partial charge in [0.05, 0.1) is 31.1 Å². The molecule has 6 rings (SSSR count). The van der Waals surface area contributed by atoms with Crippen LogP contribution in [-0.2, 0) is 9.47 Å². The third kappa shape index (κ3) is 3.77. The Labute approximate surface area is 172 Å². The number of nitrogens with zero attached hydrogens (tertiary/aromatic N) is 4. The van der Waals surface area contributed by atoms with Gasteiger partial charge in [-0.2, -0.15) is 8.78 Å². The number of fused-ring (bicyclic) bond motifs is 3. The maximum atomic E-state index is 12.7. The minimum absolute atomic E-state index is 0.0942. The van der Waals surface area contributed by atoms with Gasteiger partial charge in [-0.25, -0.2) is 15.0 Å². The smallest absolute Gasteiger partial charge is 0.387 e. The molecule has 6 heterocycles. The second-order valence-electron chi connectivity index (χ2n) is 7.85. The molecule has 160 valence electrons. The number of pyridine rings is 1. The van der Waals surface area contributed by atoms with E-state index in [1.807, 2.05) is 6.07 Å². The van der Waals surface area contributed by atoms with Gasteiger partial charge in [0.2, 0.25) is 0 Å². The molecule has 2 bridgehead atoms. The van der Waals surface area contributed by atoms with Crippen molar-refractivity contribution >= 4 is 11.6 Å². The number of aromatic nitrogens is 3. The lowest BCUT2D eigenvalue weighted by Gasteiger charge is -2.45. The van der Waals surface area contributed by atoms with E-state index in [2.05, 4.69) is 14.6 Å². The average Bonchev–Trinajstić information content (AvgIpc) is 3.30. The van der Waals surface area contributed by atoms with E-state index in [4.69, 9.17) is 25.2 Å². The quantitative estimate of drug-likeness (QED) is 0.790. The molecule has 3 atom stereocenters. The van der Waals surface area contributed by atoms with Crippen LogP contribution >= 0.6 is 0 Å². The van der Waals surface area contributed by atoms with Crippen LogP contribution in [0.3, 0.4) is 0 Å². The van der Waals surface area contributed by atoms with E-state index in [1.165, 1.54) is 12.3 Å². The van der Waals surface area contributed by atoms with Crippen LogP contribution in [0, 0.1) is 0 Å². The number of ether oxygens (including phenoxy) is 3. The normalized spacial score (nSPS) is 25.8. The molecule has 2 aromatic rings. The van der Waals surface area contributed by atoms with Crippen molar-refractivity contribution in [1.29, 1.82) is 0 Å². The van der Waals surface area contributed by atoms with Crippen LogP contribution in [0.4, 0.5) is 20.4 Å². The highest BCUT2D eigenvalue weighted by molar-refractivity contribution is 5.67. The van der Waals surface area contributed by atoms with E-state index < -0.39 is 6.61 Å². The molecular formula is C20H23F2N5O3. The molecule has 0 saturated carbocycles. The van der Waals surface area contributed by atoms with Crippen molar-refractivity contribution in [3.05, 3.63) is 24.2 Å². The fourth-order valence-electron chi connectivity index (χ4n) is 4.28. The summed E-state index contributed by atoms with van der Waals surface area (Å²) >= 11 is 0. The standard InChI is InChI=1S/C20H23F2N5O3/c21-20(22)30-16-5-12(7-24-18(16)23)15-6-17(26-19(25-15)11-3-4-28-9-11)27-8-14-2-1-13(27)10-29-14/h5-7,11,13-14,20H,1-4,8-10H2,(H2,23,24)/t11?,13-,14-/m0/s1. The summed E-state index contributed by atoms with van der Waals surface area (Å²) in [5.74, 6) is 1.34. The SMILES string of the molecule is Nc1ncc(-c2cc(N3C[C@@H]4CC[C@H]3CO4)nc(C3CCOC3)n2)cc1OC(F)F. The van der Waals surface area contributed by atoms with Gasteiger partial charge >= 0.3 is 6.61 Å². The van der Waals surface area contributed by atoms with Gasteiger partial charge in [0.1, 0.15) is 11.6 Å². The number of halogens is 2. The van der Waals surface area contributed by atoms with E-state index in [0.717, 1.165) is 31.6 Å². The lowest BCUT2D eigenvalue weighted by atomic mass is 9.97. The predicted octanol–water partition coefficient (Wildman–Crippen LogP) is 2.59. The molecule has 2 aromatic heterocycles. The minimum Gasteiger partial charge on any atom is -0.431 e. The molecule has 10 heteroatoms. The highest BCUT2D eigenvalue weighted by Crippen LogP contribution is 2.35. The number of piperidine rings is 1. The Morgan fingerprint density at radius 2 is 2.07 bits per heavy atom. The van der Waals surface area contributed by atoms with E-state index in [0.29, 0.717) is 36.9 Å². The van der Waals surface area contributed by atoms with Gasteiger partial charge in [0.15, 0.2) is 11.6 Å². The lowest BCUT2D eigenvalue weighted by molar-refractivity contribution is -0.0494. The summed E-state index contributed by atoms with van der Waals surface area (Å²) in [7, 11) is 0. The number of hydrogen-bond acceptors (Lipinski definition) is 8. The summed E-state index contributed by atoms with van der Waals surface area (Å²) in [6, 6.07) is 3.59. The molecule has 0 radical (unpaired) electrons. The molecular weight excluding hydrogens is 396 g/mol. The zero-order chi connectivity index (χ0) is 20.7. The van der Waals surface area contributed by atoms with Gasteiger partial charge in [-0.15, -0.1) is 0 Å². The number of anilines is 2. The fourth-order valence-corrected chi connectivity index (χ4v) is 4.28. The molecule has 0 aliphatic carbocycles. The maximum absolute atomic E-state index is 12.7. The van der Waals surface area contributed by atoms with Crippen LogP contribution in [0.25, 0.3) is 11.3 Å². The Morgan fingerprint density at radius 3 is 2.73 bits per heavy atom. The molecule has 30 heavy (non-hydrogen) atoms. The summed E-state index contributed by atoms with van der Waals surface area (Å²) in [4.78, 5) is 15.9. The largest absolute Gasteiger partial charge is 0.431 e. The van der Waals surface area contributed by atoms with Crippen LogP contribution in [0.15, 0.2) is 18.3 Å². The van der Waals surface area contributed by atoms with Crippen LogP contribution in [0.2, 0.25) is 0 Å². The highest BCUT2D eigenvalue weighted by Gasteiger charge is 2.36. The first-order valence-electron chi connectivity index (χ1n) is 10.1. The van der Waals surface area contributed by atoms with Crippen molar-refractivity contribution in [1.82, 2.24) is 15.0 Å². The molecule has 4 aliphatic heterocycles. The van der Waals surface area contributed by atoms with Gasteiger partial charge in [-0.05, 0) is 25.3 Å². The van der Waals surface area contributed by atoms with Gasteiger partial charge in [-0.1, -0.05) is 0 Å². The monoisotopic (exact) mass is 419 g/mol. The lowest BCUT2D eigenvalue weighted by Crippen LogP contribution is -2.55. The number of nitrogen functional groups attached to an aromatic ring is 1. The summed E-state index contributed by atoms with van der Waals surface area (Å²) < 4.78 is 41.3. The van der Waals surface area contributed by atoms with Crippen molar-refractivity contribution < 1.29 is 23.0 Å². The van der Waals surface area contributed by atoms with E-state index in [-0.39, 0.29) is 29.6 Å². The predicted molar refractivity (Wildman–Crippen MR) is 105 cm³/mol. The zero-order valence-corrected chi connectivity index (χ0v) is 16.3. The summed E-state index contributed by atoms with van der Waals surface area (Å²) in [6.07, 6.45) is 4.68. The number of hydrogen-bond donors (Lipinski definition) is 1. The molecule has 1 unspecified atom stereocenters. The van der Waals surface area contributed by atoms with Crippen LogP contribution in [0.5, 0.6) is 5.75 Å². The number of nitrogens with two attached hydrogens (primary N) is 1. The van der Waals surface area contributed by atoms with Crippen LogP contribution < -0.4 is 15.4 Å². The van der Waals surface area contributed by atoms with Gasteiger partial charge in [0, 0.05) is 36.9 Å². The Balaban J connectivity index is 1.55. The second kappa shape index (κ2) is 7.92. The zero-order valence-electron chi connectivity index (χ0n) is 16.3. The van der Waals surface area contributed by atoms with Crippen molar-refractivity contribution in [2.75, 3.05) is 37.0 Å². The van der Waals surface area contributed by atoms with Gasteiger partial charge in [0.25, 0.3) is 0 Å².